The van der Waals surface area contributed by atoms with Crippen molar-refractivity contribution >= 4 is 17.5 Å². The number of halogens is 1. The van der Waals surface area contributed by atoms with Crippen LogP contribution >= 0.6 is 11.6 Å². The highest BCUT2D eigenvalue weighted by Crippen LogP contribution is 2.31. The van der Waals surface area contributed by atoms with E-state index in [2.05, 4.69) is 37.4 Å². The van der Waals surface area contributed by atoms with E-state index in [1.165, 1.54) is 11.1 Å². The monoisotopic (exact) mass is 299 g/mol. The first-order chi connectivity index (χ1) is 10.0. The van der Waals surface area contributed by atoms with E-state index in [0.717, 1.165) is 28.7 Å². The van der Waals surface area contributed by atoms with Crippen molar-refractivity contribution in [2.75, 3.05) is 6.54 Å². The minimum absolute atomic E-state index is 0.00221. The number of hydrogen-bond donors (Lipinski definition) is 1. The highest BCUT2D eigenvalue weighted by atomic mass is 35.5. The Morgan fingerprint density at radius 3 is 2.48 bits per heavy atom. The molecule has 2 nitrogen and oxygen atoms in total. The zero-order chi connectivity index (χ0) is 15.0. The lowest BCUT2D eigenvalue weighted by Crippen LogP contribution is -2.31. The summed E-state index contributed by atoms with van der Waals surface area (Å²) in [4.78, 5) is 12.0. The van der Waals surface area contributed by atoms with Gasteiger partial charge in [-0.25, -0.2) is 0 Å². The van der Waals surface area contributed by atoms with E-state index < -0.39 is 0 Å². The van der Waals surface area contributed by atoms with Crippen LogP contribution in [-0.2, 0) is 6.42 Å². The Labute approximate surface area is 130 Å². The molecule has 0 aromatic heterocycles. The van der Waals surface area contributed by atoms with Gasteiger partial charge in [-0.05, 0) is 43.0 Å². The topological polar surface area (TPSA) is 29.1 Å². The van der Waals surface area contributed by atoms with Crippen molar-refractivity contribution in [1.82, 2.24) is 5.32 Å². The molecule has 0 spiro atoms. The van der Waals surface area contributed by atoms with Gasteiger partial charge in [0.25, 0.3) is 5.91 Å². The molecule has 1 aliphatic heterocycles. The molecule has 1 amide bonds. The summed E-state index contributed by atoms with van der Waals surface area (Å²) in [5.41, 5.74) is 6.31. The van der Waals surface area contributed by atoms with Gasteiger partial charge in [0.2, 0.25) is 0 Å². The average Bonchev–Trinajstić information content (AvgIpc) is 2.45. The molecule has 21 heavy (non-hydrogen) atoms. The molecule has 0 saturated heterocycles. The predicted molar refractivity (Wildman–Crippen MR) is 86.1 cm³/mol. The second-order valence-corrected chi connectivity index (χ2v) is 6.14. The zero-order valence-electron chi connectivity index (χ0n) is 12.2. The Kier molecular flexibility index (Phi) is 3.73. The van der Waals surface area contributed by atoms with Crippen LogP contribution in [0.2, 0.25) is 0 Å². The van der Waals surface area contributed by atoms with E-state index in [1.807, 2.05) is 18.2 Å². The SMILES string of the molecule is Cc1cc(C)cc(C(Cl)c2ccc3c(c2)C(=O)NCC3)c1. The zero-order valence-corrected chi connectivity index (χ0v) is 13.0. The van der Waals surface area contributed by atoms with Crippen molar-refractivity contribution < 1.29 is 4.79 Å². The maximum atomic E-state index is 12.0. The predicted octanol–water partition coefficient (Wildman–Crippen LogP) is 3.92. The number of amides is 1. The Hall–Kier alpha value is -1.80. The fraction of sp³-hybridized carbons (Fsp3) is 0.278. The molecule has 108 valence electrons. The Morgan fingerprint density at radius 2 is 1.76 bits per heavy atom. The fourth-order valence-corrected chi connectivity index (χ4v) is 3.20. The number of carbonyl (C=O) groups is 1. The molecular weight excluding hydrogens is 282 g/mol. The molecule has 0 aliphatic carbocycles. The highest BCUT2D eigenvalue weighted by Gasteiger charge is 2.19. The minimum Gasteiger partial charge on any atom is -0.352 e. The molecule has 0 radical (unpaired) electrons. The third-order valence-electron chi connectivity index (χ3n) is 3.89. The number of nitrogens with one attached hydrogen (secondary N) is 1. The van der Waals surface area contributed by atoms with Crippen molar-refractivity contribution in [3.63, 3.8) is 0 Å². The van der Waals surface area contributed by atoms with Crippen LogP contribution in [0.3, 0.4) is 0 Å². The van der Waals surface area contributed by atoms with Crippen LogP contribution in [0.15, 0.2) is 36.4 Å². The van der Waals surface area contributed by atoms with Crippen LogP contribution in [0.5, 0.6) is 0 Å². The van der Waals surface area contributed by atoms with Crippen LogP contribution in [0.4, 0.5) is 0 Å². The van der Waals surface area contributed by atoms with Crippen LogP contribution in [0.1, 0.15) is 43.6 Å². The van der Waals surface area contributed by atoms with Crippen molar-refractivity contribution in [2.24, 2.45) is 0 Å². The minimum atomic E-state index is -0.233. The second-order valence-electron chi connectivity index (χ2n) is 5.71. The van der Waals surface area contributed by atoms with Crippen LogP contribution in [-0.4, -0.2) is 12.5 Å². The molecule has 1 unspecified atom stereocenters. The normalized spacial score (nSPS) is 15.3. The summed E-state index contributed by atoms with van der Waals surface area (Å²) < 4.78 is 0. The Bertz CT molecular complexity index is 688. The number of alkyl halides is 1. The number of aryl methyl sites for hydroxylation is 2. The van der Waals surface area contributed by atoms with E-state index in [9.17, 15) is 4.79 Å². The quantitative estimate of drug-likeness (QED) is 0.837. The van der Waals surface area contributed by atoms with E-state index in [1.54, 1.807) is 0 Å². The van der Waals surface area contributed by atoms with Gasteiger partial charge in [-0.1, -0.05) is 41.5 Å². The number of rotatable bonds is 2. The van der Waals surface area contributed by atoms with Gasteiger partial charge in [0.1, 0.15) is 0 Å². The summed E-state index contributed by atoms with van der Waals surface area (Å²) in [7, 11) is 0. The second kappa shape index (κ2) is 5.53. The molecule has 0 fully saturated rings. The molecule has 2 aromatic rings. The summed E-state index contributed by atoms with van der Waals surface area (Å²) in [5, 5.41) is 2.65. The van der Waals surface area contributed by atoms with Gasteiger partial charge in [0, 0.05) is 12.1 Å². The summed E-state index contributed by atoms with van der Waals surface area (Å²) >= 11 is 6.63. The first-order valence-electron chi connectivity index (χ1n) is 7.18. The maximum Gasteiger partial charge on any atom is 0.251 e. The van der Waals surface area contributed by atoms with E-state index in [-0.39, 0.29) is 11.3 Å². The van der Waals surface area contributed by atoms with Crippen molar-refractivity contribution in [2.45, 2.75) is 25.6 Å². The number of hydrogen-bond acceptors (Lipinski definition) is 1. The van der Waals surface area contributed by atoms with Gasteiger partial charge in [0.15, 0.2) is 0 Å². The van der Waals surface area contributed by atoms with Gasteiger partial charge >= 0.3 is 0 Å². The van der Waals surface area contributed by atoms with Gasteiger partial charge < -0.3 is 5.32 Å². The van der Waals surface area contributed by atoms with Gasteiger partial charge in [-0.3, -0.25) is 4.79 Å². The lowest BCUT2D eigenvalue weighted by molar-refractivity contribution is 0.0946. The molecule has 0 bridgehead atoms. The molecule has 0 saturated carbocycles. The first-order valence-corrected chi connectivity index (χ1v) is 7.61. The lowest BCUT2D eigenvalue weighted by Gasteiger charge is -2.19. The van der Waals surface area contributed by atoms with Crippen LogP contribution < -0.4 is 5.32 Å². The maximum absolute atomic E-state index is 12.0. The summed E-state index contributed by atoms with van der Waals surface area (Å²) in [6, 6.07) is 12.3. The van der Waals surface area contributed by atoms with Gasteiger partial charge in [0.05, 0.1) is 5.38 Å². The first kappa shape index (κ1) is 14.2. The van der Waals surface area contributed by atoms with E-state index >= 15 is 0 Å². The largest absolute Gasteiger partial charge is 0.352 e. The van der Waals surface area contributed by atoms with Crippen molar-refractivity contribution in [3.8, 4) is 0 Å². The molecule has 1 heterocycles. The van der Waals surface area contributed by atoms with Crippen LogP contribution in [0.25, 0.3) is 0 Å². The number of fused-ring (bicyclic) bond motifs is 1. The lowest BCUT2D eigenvalue weighted by atomic mass is 9.94. The number of benzene rings is 2. The smallest absolute Gasteiger partial charge is 0.251 e. The average molecular weight is 300 g/mol. The molecule has 3 heteroatoms. The summed E-state index contributed by atoms with van der Waals surface area (Å²) in [6.45, 7) is 4.85. The van der Waals surface area contributed by atoms with Crippen molar-refractivity contribution in [1.29, 1.82) is 0 Å². The van der Waals surface area contributed by atoms with E-state index in [4.69, 9.17) is 11.6 Å². The summed E-state index contributed by atoms with van der Waals surface area (Å²) in [6.07, 6.45) is 0.887. The van der Waals surface area contributed by atoms with E-state index in [0.29, 0.717) is 6.54 Å². The van der Waals surface area contributed by atoms with Crippen molar-refractivity contribution in [3.05, 3.63) is 69.8 Å². The number of carbonyl (C=O) groups excluding carboxylic acids is 1. The van der Waals surface area contributed by atoms with Gasteiger partial charge in [-0.2, -0.15) is 0 Å². The Morgan fingerprint density at radius 1 is 1.05 bits per heavy atom. The fourth-order valence-electron chi connectivity index (χ4n) is 2.94. The molecule has 1 atom stereocenters. The molecular formula is C18H18ClNO. The molecule has 1 aliphatic rings. The van der Waals surface area contributed by atoms with Crippen LogP contribution in [0, 0.1) is 13.8 Å². The molecule has 3 rings (SSSR count). The highest BCUT2D eigenvalue weighted by molar-refractivity contribution is 6.22. The van der Waals surface area contributed by atoms with Gasteiger partial charge in [-0.15, -0.1) is 11.6 Å². The summed E-state index contributed by atoms with van der Waals surface area (Å²) in [5.74, 6) is 0.00221. The third-order valence-corrected chi connectivity index (χ3v) is 4.39. The molecule has 1 N–H and O–H groups in total. The standard InChI is InChI=1S/C18H18ClNO/c1-11-7-12(2)9-15(8-11)17(19)14-4-3-13-5-6-20-18(21)16(13)10-14/h3-4,7-10,17H,5-6H2,1-2H3,(H,20,21). The third kappa shape index (κ3) is 2.81. The Balaban J connectivity index is 2.00. The molecule has 2 aromatic carbocycles.